The Bertz CT molecular complexity index is 531. The van der Waals surface area contributed by atoms with Crippen LogP contribution < -0.4 is 0 Å². The second-order valence-electron chi connectivity index (χ2n) is 5.19. The number of nitro groups is 1. The van der Waals surface area contributed by atoms with Gasteiger partial charge in [0.25, 0.3) is 0 Å². The molecule has 2 heterocycles. The van der Waals surface area contributed by atoms with E-state index in [1.165, 1.54) is 6.42 Å². The number of aromatic nitrogens is 2. The van der Waals surface area contributed by atoms with Gasteiger partial charge >= 0.3 is 5.69 Å². The fourth-order valence-electron chi connectivity index (χ4n) is 2.68. The van der Waals surface area contributed by atoms with Crippen LogP contribution in [0.2, 0.25) is 0 Å². The zero-order chi connectivity index (χ0) is 15.4. The van der Waals surface area contributed by atoms with Crippen molar-refractivity contribution < 1.29 is 9.72 Å². The standard InChI is InChI=1S/C13H20N4O3S/c1-3-10-6-4-5-7-16(10)11(18)8-21-13-12(17(19)20)9(2)14-15-13/h10H,3-8H2,1-2H3,(H,14,15)/t10-/m1/s1. The maximum absolute atomic E-state index is 12.3. The Morgan fingerprint density at radius 2 is 2.33 bits per heavy atom. The van der Waals surface area contributed by atoms with Gasteiger partial charge in [-0.05, 0) is 32.6 Å². The van der Waals surface area contributed by atoms with E-state index in [4.69, 9.17) is 0 Å². The lowest BCUT2D eigenvalue weighted by molar-refractivity contribution is -0.388. The van der Waals surface area contributed by atoms with Crippen molar-refractivity contribution in [2.75, 3.05) is 12.3 Å². The van der Waals surface area contributed by atoms with Crippen LogP contribution in [0.4, 0.5) is 5.69 Å². The number of thioether (sulfide) groups is 1. The Balaban J connectivity index is 1.99. The van der Waals surface area contributed by atoms with Crippen LogP contribution in [0.3, 0.4) is 0 Å². The molecule has 21 heavy (non-hydrogen) atoms. The van der Waals surface area contributed by atoms with Gasteiger partial charge in [-0.15, -0.1) is 0 Å². The van der Waals surface area contributed by atoms with Gasteiger partial charge in [-0.3, -0.25) is 20.0 Å². The molecular weight excluding hydrogens is 292 g/mol. The normalized spacial score (nSPS) is 18.8. The number of aromatic amines is 1. The van der Waals surface area contributed by atoms with Crippen molar-refractivity contribution in [3.8, 4) is 0 Å². The second kappa shape index (κ2) is 6.93. The molecule has 1 aliphatic rings. The number of likely N-dealkylation sites (tertiary alicyclic amines) is 1. The number of nitrogens with one attached hydrogen (secondary N) is 1. The van der Waals surface area contributed by atoms with Gasteiger partial charge in [0.05, 0.1) is 10.7 Å². The summed E-state index contributed by atoms with van der Waals surface area (Å²) >= 11 is 1.14. The molecule has 1 aromatic heterocycles. The molecule has 7 nitrogen and oxygen atoms in total. The van der Waals surface area contributed by atoms with Gasteiger partial charge in [0.15, 0.2) is 5.03 Å². The van der Waals surface area contributed by atoms with E-state index >= 15 is 0 Å². The van der Waals surface area contributed by atoms with Crippen LogP contribution in [-0.2, 0) is 4.79 Å². The number of nitrogens with zero attached hydrogens (tertiary/aromatic N) is 3. The molecule has 1 saturated heterocycles. The average molecular weight is 312 g/mol. The van der Waals surface area contributed by atoms with Crippen molar-refractivity contribution in [3.63, 3.8) is 0 Å². The van der Waals surface area contributed by atoms with Crippen LogP contribution in [0.25, 0.3) is 0 Å². The number of rotatable bonds is 5. The molecule has 1 aromatic rings. The maximum Gasteiger partial charge on any atom is 0.323 e. The maximum atomic E-state index is 12.3. The van der Waals surface area contributed by atoms with Crippen molar-refractivity contribution in [1.29, 1.82) is 0 Å². The minimum absolute atomic E-state index is 0.0292. The number of aryl methyl sites for hydroxylation is 1. The third kappa shape index (κ3) is 3.55. The first-order valence-corrected chi connectivity index (χ1v) is 8.14. The Labute approximate surface area is 127 Å². The van der Waals surface area contributed by atoms with Crippen LogP contribution in [0, 0.1) is 17.0 Å². The van der Waals surface area contributed by atoms with Crippen LogP contribution in [0.15, 0.2) is 5.03 Å². The highest BCUT2D eigenvalue weighted by Crippen LogP contribution is 2.30. The number of hydrogen-bond donors (Lipinski definition) is 1. The lowest BCUT2D eigenvalue weighted by atomic mass is 10.0. The summed E-state index contributed by atoms with van der Waals surface area (Å²) in [5.41, 5.74) is 0.387. The lowest BCUT2D eigenvalue weighted by Gasteiger charge is -2.35. The number of amides is 1. The van der Waals surface area contributed by atoms with Gasteiger partial charge in [0.1, 0.15) is 5.69 Å². The van der Waals surface area contributed by atoms with E-state index in [1.54, 1.807) is 6.92 Å². The first-order valence-electron chi connectivity index (χ1n) is 7.16. The Morgan fingerprint density at radius 3 is 3.00 bits per heavy atom. The van der Waals surface area contributed by atoms with Gasteiger partial charge in [0, 0.05) is 12.6 Å². The predicted molar refractivity (Wildman–Crippen MR) is 80.3 cm³/mol. The third-order valence-corrected chi connectivity index (χ3v) is 4.77. The van der Waals surface area contributed by atoms with Gasteiger partial charge in [-0.2, -0.15) is 5.10 Å². The van der Waals surface area contributed by atoms with E-state index in [1.807, 2.05) is 4.90 Å². The van der Waals surface area contributed by atoms with E-state index in [0.29, 0.717) is 11.7 Å². The number of carbonyl (C=O) groups excluding carboxylic acids is 1. The molecule has 1 atom stereocenters. The predicted octanol–water partition coefficient (Wildman–Crippen LogP) is 2.51. The molecular formula is C13H20N4O3S. The van der Waals surface area contributed by atoms with Crippen LogP contribution in [0.5, 0.6) is 0 Å². The van der Waals surface area contributed by atoms with Gasteiger partial charge < -0.3 is 4.90 Å². The number of H-pyrrole nitrogens is 1. The van der Waals surface area contributed by atoms with E-state index < -0.39 is 4.92 Å². The van der Waals surface area contributed by atoms with Gasteiger partial charge in [-0.1, -0.05) is 18.7 Å². The number of carbonyl (C=O) groups is 1. The minimum atomic E-state index is -0.457. The number of piperidine rings is 1. The zero-order valence-electron chi connectivity index (χ0n) is 12.3. The lowest BCUT2D eigenvalue weighted by Crippen LogP contribution is -2.44. The molecule has 8 heteroatoms. The summed E-state index contributed by atoms with van der Waals surface area (Å²) in [6.45, 7) is 4.49. The Morgan fingerprint density at radius 1 is 1.57 bits per heavy atom. The smallest absolute Gasteiger partial charge is 0.323 e. The van der Waals surface area contributed by atoms with Crippen LogP contribution in [0.1, 0.15) is 38.3 Å². The van der Waals surface area contributed by atoms with Crippen LogP contribution >= 0.6 is 11.8 Å². The summed E-state index contributed by atoms with van der Waals surface area (Å²) in [6, 6.07) is 0.308. The summed E-state index contributed by atoms with van der Waals surface area (Å²) < 4.78 is 0. The quantitative estimate of drug-likeness (QED) is 0.512. The molecule has 0 unspecified atom stereocenters. The largest absolute Gasteiger partial charge is 0.339 e. The van der Waals surface area contributed by atoms with Crippen molar-refractivity contribution in [2.45, 2.75) is 50.6 Å². The molecule has 0 saturated carbocycles. The summed E-state index contributed by atoms with van der Waals surface area (Å²) in [6.07, 6.45) is 4.21. The Kier molecular flexibility index (Phi) is 5.22. The summed E-state index contributed by atoms with van der Waals surface area (Å²) in [5, 5.41) is 17.8. The molecule has 0 spiro atoms. The fraction of sp³-hybridized carbons (Fsp3) is 0.692. The monoisotopic (exact) mass is 312 g/mol. The highest BCUT2D eigenvalue weighted by molar-refractivity contribution is 8.00. The highest BCUT2D eigenvalue weighted by atomic mass is 32.2. The van der Waals surface area contributed by atoms with Crippen molar-refractivity contribution in [3.05, 3.63) is 15.8 Å². The summed E-state index contributed by atoms with van der Waals surface area (Å²) in [5.74, 6) is 0.239. The number of hydrogen-bond acceptors (Lipinski definition) is 5. The summed E-state index contributed by atoms with van der Waals surface area (Å²) in [4.78, 5) is 24.8. The van der Waals surface area contributed by atoms with Crippen molar-refractivity contribution in [1.82, 2.24) is 15.1 Å². The van der Waals surface area contributed by atoms with Gasteiger partial charge in [0.2, 0.25) is 5.91 Å². The molecule has 0 aromatic carbocycles. The molecule has 2 rings (SSSR count). The molecule has 1 amide bonds. The Hall–Kier alpha value is -1.57. The molecule has 116 valence electrons. The fourth-order valence-corrected chi connectivity index (χ4v) is 3.58. The van der Waals surface area contributed by atoms with E-state index in [2.05, 4.69) is 17.1 Å². The third-order valence-electron chi connectivity index (χ3n) is 3.82. The van der Waals surface area contributed by atoms with Crippen molar-refractivity contribution in [2.24, 2.45) is 0 Å². The second-order valence-corrected chi connectivity index (χ2v) is 6.16. The first kappa shape index (κ1) is 15.8. The SMILES string of the molecule is CC[C@@H]1CCCCN1C(=O)CSc1n[nH]c(C)c1[N+](=O)[O-]. The van der Waals surface area contributed by atoms with Crippen LogP contribution in [-0.4, -0.2) is 44.3 Å². The topological polar surface area (TPSA) is 92.1 Å². The highest BCUT2D eigenvalue weighted by Gasteiger charge is 2.27. The van der Waals surface area contributed by atoms with Crippen molar-refractivity contribution >= 4 is 23.4 Å². The molecule has 1 fully saturated rings. The molecule has 1 aliphatic heterocycles. The van der Waals surface area contributed by atoms with Gasteiger partial charge in [-0.25, -0.2) is 0 Å². The summed E-state index contributed by atoms with van der Waals surface area (Å²) in [7, 11) is 0. The molecule has 0 bridgehead atoms. The molecule has 1 N–H and O–H groups in total. The average Bonchev–Trinajstić information content (AvgIpc) is 2.85. The van der Waals surface area contributed by atoms with E-state index in [0.717, 1.165) is 37.6 Å². The first-order chi connectivity index (χ1) is 10.0. The zero-order valence-corrected chi connectivity index (χ0v) is 13.1. The molecule has 0 radical (unpaired) electrons. The van der Waals surface area contributed by atoms with E-state index in [-0.39, 0.29) is 22.4 Å². The van der Waals surface area contributed by atoms with E-state index in [9.17, 15) is 14.9 Å². The minimum Gasteiger partial charge on any atom is -0.339 e. The molecule has 0 aliphatic carbocycles.